The molecule has 2 aromatic rings. The van der Waals surface area contributed by atoms with Crippen LogP contribution >= 0.6 is 11.5 Å². The molecule has 2 rings (SSSR count). The van der Waals surface area contributed by atoms with Gasteiger partial charge in [-0.2, -0.15) is 4.37 Å². The average Bonchev–Trinajstić information content (AvgIpc) is 2.63. The molecule has 0 atom stereocenters. The highest BCUT2D eigenvalue weighted by Gasteiger charge is 2.02. The van der Waals surface area contributed by atoms with Crippen molar-refractivity contribution >= 4 is 16.5 Å². The van der Waals surface area contributed by atoms with Gasteiger partial charge in [-0.25, -0.2) is 0 Å². The Morgan fingerprint density at radius 2 is 2.07 bits per heavy atom. The maximum absolute atomic E-state index is 9.07. The van der Waals surface area contributed by atoms with Crippen LogP contribution in [-0.4, -0.2) is 9.48 Å². The van der Waals surface area contributed by atoms with Crippen LogP contribution in [0.2, 0.25) is 0 Å². The summed E-state index contributed by atoms with van der Waals surface area (Å²) in [5.41, 5.74) is 6.55. The molecule has 0 saturated carbocycles. The molecule has 0 aliphatic carbocycles. The van der Waals surface area contributed by atoms with Crippen LogP contribution < -0.4 is 10.5 Å². The van der Waals surface area contributed by atoms with E-state index in [-0.39, 0.29) is 5.75 Å². The molecule has 78 valence electrons. The number of aromatic nitrogens is 1. The molecule has 1 aromatic carbocycles. The van der Waals surface area contributed by atoms with Crippen LogP contribution in [-0.2, 0) is 6.61 Å². The third-order valence-electron chi connectivity index (χ3n) is 1.91. The van der Waals surface area contributed by atoms with Crippen LogP contribution in [0.25, 0.3) is 0 Å². The number of rotatable bonds is 3. The molecule has 1 heterocycles. The molecule has 3 N–H and O–H groups in total. The molecule has 0 unspecified atom stereocenters. The highest BCUT2D eigenvalue weighted by atomic mass is 32.1. The quantitative estimate of drug-likeness (QED) is 0.833. The normalized spacial score (nSPS) is 10.1. The van der Waals surface area contributed by atoms with Gasteiger partial charge in [0.05, 0.1) is 0 Å². The minimum absolute atomic E-state index is 0.221. The molecule has 0 fully saturated rings. The Labute approximate surface area is 91.1 Å². The zero-order valence-corrected chi connectivity index (χ0v) is 8.70. The van der Waals surface area contributed by atoms with E-state index in [1.807, 2.05) is 0 Å². The smallest absolute Gasteiger partial charge is 0.120 e. The van der Waals surface area contributed by atoms with E-state index in [9.17, 15) is 0 Å². The zero-order chi connectivity index (χ0) is 10.7. The fraction of sp³-hybridized carbons (Fsp3) is 0.100. The molecular weight excluding hydrogens is 212 g/mol. The summed E-state index contributed by atoms with van der Waals surface area (Å²) in [6, 6.07) is 6.55. The van der Waals surface area contributed by atoms with Crippen LogP contribution in [0.3, 0.4) is 0 Å². The maximum Gasteiger partial charge on any atom is 0.120 e. The van der Waals surface area contributed by atoms with Crippen molar-refractivity contribution in [1.29, 1.82) is 0 Å². The van der Waals surface area contributed by atoms with E-state index in [2.05, 4.69) is 4.37 Å². The number of nitrogens with two attached hydrogens (primary N) is 1. The van der Waals surface area contributed by atoms with Gasteiger partial charge in [-0.15, -0.1) is 0 Å². The van der Waals surface area contributed by atoms with Crippen molar-refractivity contribution in [2.45, 2.75) is 6.61 Å². The summed E-state index contributed by atoms with van der Waals surface area (Å²) in [6.45, 7) is 0.396. The number of ether oxygens (including phenoxy) is 1. The number of anilines is 1. The van der Waals surface area contributed by atoms with Gasteiger partial charge in [-0.1, -0.05) is 0 Å². The Bertz CT molecular complexity index is 439. The van der Waals surface area contributed by atoms with Crippen molar-refractivity contribution in [2.24, 2.45) is 0 Å². The molecule has 5 heteroatoms. The van der Waals surface area contributed by atoms with E-state index in [1.165, 1.54) is 11.5 Å². The number of nitrogen functional groups attached to an aromatic ring is 1. The van der Waals surface area contributed by atoms with Crippen molar-refractivity contribution in [3.8, 4) is 11.5 Å². The first-order valence-corrected chi connectivity index (χ1v) is 5.14. The highest BCUT2D eigenvalue weighted by molar-refractivity contribution is 7.10. The summed E-state index contributed by atoms with van der Waals surface area (Å²) in [6.07, 6.45) is 1.69. The van der Waals surface area contributed by atoms with Crippen molar-refractivity contribution in [3.63, 3.8) is 0 Å². The number of phenolic OH excluding ortho intramolecular Hbond substituents is 1. The van der Waals surface area contributed by atoms with Gasteiger partial charge in [0.15, 0.2) is 0 Å². The van der Waals surface area contributed by atoms with Crippen LogP contribution in [0, 0.1) is 0 Å². The molecule has 0 saturated heterocycles. The number of nitrogens with zero attached hydrogens (tertiary/aromatic N) is 1. The molecule has 0 amide bonds. The fourth-order valence-corrected chi connectivity index (χ4v) is 1.60. The summed E-state index contributed by atoms with van der Waals surface area (Å²) in [4.78, 5) is 0. The monoisotopic (exact) mass is 222 g/mol. The fourth-order valence-electron chi connectivity index (χ4n) is 1.08. The van der Waals surface area contributed by atoms with Crippen molar-refractivity contribution in [2.75, 3.05) is 5.73 Å². The van der Waals surface area contributed by atoms with Crippen molar-refractivity contribution in [1.82, 2.24) is 4.37 Å². The third-order valence-corrected chi connectivity index (χ3v) is 2.58. The molecule has 4 nitrogen and oxygen atoms in total. The Hall–Kier alpha value is -1.75. The number of hydrogen-bond acceptors (Lipinski definition) is 5. The van der Waals surface area contributed by atoms with E-state index >= 15 is 0 Å². The topological polar surface area (TPSA) is 68.4 Å². The van der Waals surface area contributed by atoms with Crippen molar-refractivity contribution < 1.29 is 9.84 Å². The van der Waals surface area contributed by atoms with E-state index in [0.717, 1.165) is 5.56 Å². The van der Waals surface area contributed by atoms with Gasteiger partial charge < -0.3 is 15.6 Å². The van der Waals surface area contributed by atoms with E-state index in [4.69, 9.17) is 15.6 Å². The van der Waals surface area contributed by atoms with Crippen LogP contribution in [0.15, 0.2) is 30.5 Å². The van der Waals surface area contributed by atoms with Crippen LogP contribution in [0.1, 0.15) is 5.56 Å². The second-order valence-electron chi connectivity index (χ2n) is 3.00. The van der Waals surface area contributed by atoms with E-state index in [0.29, 0.717) is 17.4 Å². The first-order chi connectivity index (χ1) is 7.25. The summed E-state index contributed by atoms with van der Waals surface area (Å²) < 4.78 is 9.41. The number of phenols is 1. The molecule has 0 bridgehead atoms. The summed E-state index contributed by atoms with van der Waals surface area (Å²) in [5.74, 6) is 0.914. The minimum atomic E-state index is 0.221. The third kappa shape index (κ3) is 2.38. The lowest BCUT2D eigenvalue weighted by Gasteiger charge is -2.04. The maximum atomic E-state index is 9.07. The van der Waals surface area contributed by atoms with Gasteiger partial charge in [0.1, 0.15) is 23.1 Å². The van der Waals surface area contributed by atoms with Gasteiger partial charge in [0.2, 0.25) is 0 Å². The highest BCUT2D eigenvalue weighted by Crippen LogP contribution is 2.20. The average molecular weight is 222 g/mol. The Morgan fingerprint density at radius 3 is 2.67 bits per heavy atom. The lowest BCUT2D eigenvalue weighted by molar-refractivity contribution is 0.306. The minimum Gasteiger partial charge on any atom is -0.508 e. The Balaban J connectivity index is 1.99. The van der Waals surface area contributed by atoms with Gasteiger partial charge in [0.25, 0.3) is 0 Å². The lowest BCUT2D eigenvalue weighted by atomic mass is 10.3. The lowest BCUT2D eigenvalue weighted by Crippen LogP contribution is -1.96. The van der Waals surface area contributed by atoms with Gasteiger partial charge in [-0.3, -0.25) is 0 Å². The molecule has 0 spiro atoms. The Kier molecular flexibility index (Phi) is 2.73. The molecular formula is C10H10N2O2S. The first-order valence-electron chi connectivity index (χ1n) is 4.36. The van der Waals surface area contributed by atoms with Crippen molar-refractivity contribution in [3.05, 3.63) is 36.0 Å². The molecule has 0 aliphatic rings. The van der Waals surface area contributed by atoms with Crippen LogP contribution in [0.4, 0.5) is 5.00 Å². The van der Waals surface area contributed by atoms with Crippen LogP contribution in [0.5, 0.6) is 11.5 Å². The first kappa shape index (κ1) is 9.79. The summed E-state index contributed by atoms with van der Waals surface area (Å²) >= 11 is 1.25. The largest absolute Gasteiger partial charge is 0.508 e. The summed E-state index contributed by atoms with van der Waals surface area (Å²) in [5, 5.41) is 9.74. The molecule has 15 heavy (non-hydrogen) atoms. The van der Waals surface area contributed by atoms with E-state index in [1.54, 1.807) is 30.5 Å². The molecule has 1 aromatic heterocycles. The SMILES string of the molecule is Nc1sncc1COc1ccc(O)cc1. The zero-order valence-electron chi connectivity index (χ0n) is 7.88. The predicted molar refractivity (Wildman–Crippen MR) is 59.0 cm³/mol. The van der Waals surface area contributed by atoms with E-state index < -0.39 is 0 Å². The Morgan fingerprint density at radius 1 is 1.33 bits per heavy atom. The standard InChI is InChI=1S/C10H10N2O2S/c11-10-7(5-12-15-10)6-14-9-3-1-8(13)2-4-9/h1-5,13H,6,11H2. The van der Waals surface area contributed by atoms with Gasteiger partial charge in [-0.05, 0) is 35.8 Å². The number of benzene rings is 1. The number of hydrogen-bond donors (Lipinski definition) is 2. The molecule has 0 radical (unpaired) electrons. The van der Waals surface area contributed by atoms with Gasteiger partial charge in [0, 0.05) is 11.8 Å². The molecule has 0 aliphatic heterocycles. The second-order valence-corrected chi connectivity index (χ2v) is 3.83. The number of aromatic hydroxyl groups is 1. The predicted octanol–water partition coefficient (Wildman–Crippen LogP) is 2.01. The summed E-state index contributed by atoms with van der Waals surface area (Å²) in [7, 11) is 0. The van der Waals surface area contributed by atoms with Gasteiger partial charge >= 0.3 is 0 Å². The second kappa shape index (κ2) is 4.18.